The third kappa shape index (κ3) is 2.48. The highest BCUT2D eigenvalue weighted by Gasteiger charge is 2.08. The zero-order chi connectivity index (χ0) is 11.5. The fourth-order valence-electron chi connectivity index (χ4n) is 1.36. The first kappa shape index (κ1) is 11.7. The zero-order valence-electron chi connectivity index (χ0n) is 8.41. The van der Waals surface area contributed by atoms with Gasteiger partial charge in [-0.15, -0.1) is 11.3 Å². The van der Waals surface area contributed by atoms with Crippen molar-refractivity contribution < 1.29 is 4.39 Å². The topological polar surface area (TPSA) is 38.9 Å². The quantitative estimate of drug-likeness (QED) is 0.945. The van der Waals surface area contributed by atoms with Gasteiger partial charge in [-0.2, -0.15) is 0 Å². The highest BCUT2D eigenvalue weighted by molar-refractivity contribution is 9.10. The van der Waals surface area contributed by atoms with Crippen molar-refractivity contribution in [1.29, 1.82) is 0 Å². The molecule has 0 unspecified atom stereocenters. The summed E-state index contributed by atoms with van der Waals surface area (Å²) in [4.78, 5) is 4.45. The highest BCUT2D eigenvalue weighted by Crippen LogP contribution is 2.31. The Morgan fingerprint density at radius 3 is 2.94 bits per heavy atom. The number of hydrogen-bond acceptors (Lipinski definition) is 3. The molecular weight excluding hydrogens is 291 g/mol. The summed E-state index contributed by atoms with van der Waals surface area (Å²) >= 11 is 4.88. The lowest BCUT2D eigenvalue weighted by Crippen LogP contribution is -2.02. The third-order valence-electron chi connectivity index (χ3n) is 2.11. The number of rotatable bonds is 3. The van der Waals surface area contributed by atoms with Crippen molar-refractivity contribution in [3.05, 3.63) is 39.6 Å². The molecule has 0 atom stereocenters. The fraction of sp³-hybridized carbons (Fsp3) is 0.182. The van der Waals surface area contributed by atoms with Gasteiger partial charge in [-0.1, -0.05) is 0 Å². The third-order valence-corrected chi connectivity index (χ3v) is 3.69. The lowest BCUT2D eigenvalue weighted by molar-refractivity contribution is 0.627. The Kier molecular flexibility index (Phi) is 3.68. The van der Waals surface area contributed by atoms with Gasteiger partial charge >= 0.3 is 0 Å². The van der Waals surface area contributed by atoms with Crippen molar-refractivity contribution in [2.45, 2.75) is 6.42 Å². The maximum Gasteiger partial charge on any atom is 0.124 e. The van der Waals surface area contributed by atoms with Crippen LogP contribution in [-0.2, 0) is 6.42 Å². The summed E-state index contributed by atoms with van der Waals surface area (Å²) < 4.78 is 13.6. The molecule has 1 aromatic carbocycles. The minimum absolute atomic E-state index is 0.255. The first-order valence-corrected chi connectivity index (χ1v) is 6.48. The molecule has 0 amide bonds. The predicted molar refractivity (Wildman–Crippen MR) is 68.0 cm³/mol. The van der Waals surface area contributed by atoms with Gasteiger partial charge in [0, 0.05) is 21.8 Å². The van der Waals surface area contributed by atoms with Gasteiger partial charge in [0.2, 0.25) is 0 Å². The van der Waals surface area contributed by atoms with Crippen molar-refractivity contribution in [3.8, 4) is 10.6 Å². The number of nitrogens with two attached hydrogens (primary N) is 1. The minimum Gasteiger partial charge on any atom is -0.330 e. The van der Waals surface area contributed by atoms with Crippen LogP contribution < -0.4 is 5.73 Å². The molecule has 0 fully saturated rings. The lowest BCUT2D eigenvalue weighted by atomic mass is 10.2. The molecule has 16 heavy (non-hydrogen) atoms. The molecule has 0 radical (unpaired) electrons. The predicted octanol–water partition coefficient (Wildman–Crippen LogP) is 3.21. The summed E-state index contributed by atoms with van der Waals surface area (Å²) in [6, 6.07) is 4.61. The van der Waals surface area contributed by atoms with Crippen LogP contribution >= 0.6 is 27.3 Å². The van der Waals surface area contributed by atoms with Crippen molar-refractivity contribution in [1.82, 2.24) is 4.98 Å². The molecule has 0 aliphatic heterocycles. The van der Waals surface area contributed by atoms with Crippen LogP contribution in [0.25, 0.3) is 10.6 Å². The molecule has 0 aliphatic rings. The second-order valence-electron chi connectivity index (χ2n) is 3.31. The first-order valence-electron chi connectivity index (χ1n) is 4.80. The molecule has 1 heterocycles. The van der Waals surface area contributed by atoms with E-state index in [2.05, 4.69) is 20.9 Å². The van der Waals surface area contributed by atoms with E-state index in [9.17, 15) is 4.39 Å². The van der Waals surface area contributed by atoms with E-state index in [1.165, 1.54) is 12.1 Å². The molecule has 84 valence electrons. The van der Waals surface area contributed by atoms with Crippen LogP contribution in [0.5, 0.6) is 0 Å². The van der Waals surface area contributed by atoms with Gasteiger partial charge in [0.1, 0.15) is 10.8 Å². The smallest absolute Gasteiger partial charge is 0.124 e. The van der Waals surface area contributed by atoms with Crippen LogP contribution in [0.15, 0.2) is 28.1 Å². The van der Waals surface area contributed by atoms with Gasteiger partial charge in [-0.3, -0.25) is 0 Å². The fourth-order valence-corrected chi connectivity index (χ4v) is 2.92. The second kappa shape index (κ2) is 5.03. The summed E-state index contributed by atoms with van der Waals surface area (Å²) in [5.41, 5.74) is 7.36. The van der Waals surface area contributed by atoms with Gasteiger partial charge in [0.15, 0.2) is 0 Å². The van der Waals surface area contributed by atoms with Crippen molar-refractivity contribution >= 4 is 27.3 Å². The highest BCUT2D eigenvalue weighted by atomic mass is 79.9. The van der Waals surface area contributed by atoms with E-state index in [1.807, 2.05) is 5.38 Å². The van der Waals surface area contributed by atoms with Crippen LogP contribution in [0, 0.1) is 5.82 Å². The number of hydrogen-bond donors (Lipinski definition) is 1. The van der Waals surface area contributed by atoms with Gasteiger partial charge in [-0.25, -0.2) is 9.37 Å². The molecule has 0 saturated heterocycles. The van der Waals surface area contributed by atoms with Crippen LogP contribution in [0.4, 0.5) is 4.39 Å². The molecular formula is C11H10BrFN2S. The Labute approximate surface area is 105 Å². The van der Waals surface area contributed by atoms with Crippen molar-refractivity contribution in [2.75, 3.05) is 6.54 Å². The van der Waals surface area contributed by atoms with Crippen molar-refractivity contribution in [2.24, 2.45) is 5.73 Å². The summed E-state index contributed by atoms with van der Waals surface area (Å²) in [5, 5.41) is 2.87. The summed E-state index contributed by atoms with van der Waals surface area (Å²) in [6.45, 7) is 0.591. The monoisotopic (exact) mass is 300 g/mol. The molecule has 2 rings (SSSR count). The maximum absolute atomic E-state index is 12.9. The molecule has 5 heteroatoms. The second-order valence-corrected chi connectivity index (χ2v) is 5.02. The van der Waals surface area contributed by atoms with E-state index in [1.54, 1.807) is 17.4 Å². The average molecular weight is 301 g/mol. The van der Waals surface area contributed by atoms with Crippen LogP contribution in [0.3, 0.4) is 0 Å². The Morgan fingerprint density at radius 2 is 2.25 bits per heavy atom. The van der Waals surface area contributed by atoms with E-state index < -0.39 is 0 Å². The number of aromatic nitrogens is 1. The van der Waals surface area contributed by atoms with E-state index in [4.69, 9.17) is 5.73 Å². The molecule has 2 aromatic rings. The number of thiazole rings is 1. The summed E-state index contributed by atoms with van der Waals surface area (Å²) in [7, 11) is 0. The lowest BCUT2D eigenvalue weighted by Gasteiger charge is -2.00. The molecule has 2 nitrogen and oxygen atoms in total. The Balaban J connectivity index is 2.35. The minimum atomic E-state index is -0.255. The zero-order valence-corrected chi connectivity index (χ0v) is 10.8. The molecule has 0 bridgehead atoms. The average Bonchev–Trinajstić information content (AvgIpc) is 2.67. The molecule has 1 aromatic heterocycles. The SMILES string of the molecule is NCCc1csc(-c2ccc(F)cc2Br)n1. The molecule has 0 saturated carbocycles. The number of nitrogens with zero attached hydrogens (tertiary/aromatic N) is 1. The first-order chi connectivity index (χ1) is 7.70. The summed E-state index contributed by atoms with van der Waals surface area (Å²) in [5.74, 6) is -0.255. The van der Waals surface area contributed by atoms with Gasteiger partial charge < -0.3 is 5.73 Å². The van der Waals surface area contributed by atoms with Gasteiger partial charge in [0.05, 0.1) is 5.69 Å². The van der Waals surface area contributed by atoms with Crippen LogP contribution in [0.2, 0.25) is 0 Å². The van der Waals surface area contributed by atoms with E-state index in [0.717, 1.165) is 27.2 Å². The van der Waals surface area contributed by atoms with E-state index in [-0.39, 0.29) is 5.82 Å². The van der Waals surface area contributed by atoms with Crippen LogP contribution in [0.1, 0.15) is 5.69 Å². The number of benzene rings is 1. The largest absolute Gasteiger partial charge is 0.330 e. The molecule has 0 aliphatic carbocycles. The Bertz CT molecular complexity index is 498. The molecule has 2 N–H and O–H groups in total. The molecule has 0 spiro atoms. The van der Waals surface area contributed by atoms with E-state index >= 15 is 0 Å². The maximum atomic E-state index is 12.9. The Morgan fingerprint density at radius 1 is 1.44 bits per heavy atom. The Hall–Kier alpha value is -0.780. The standard InChI is InChI=1S/C11H10BrFN2S/c12-10-5-7(13)1-2-9(10)11-15-8(3-4-14)6-16-11/h1-2,5-6H,3-4,14H2. The van der Waals surface area contributed by atoms with Gasteiger partial charge in [0.25, 0.3) is 0 Å². The van der Waals surface area contributed by atoms with Gasteiger partial charge in [-0.05, 0) is 40.7 Å². The summed E-state index contributed by atoms with van der Waals surface area (Å²) in [6.07, 6.45) is 0.773. The van der Waals surface area contributed by atoms with Crippen LogP contribution in [-0.4, -0.2) is 11.5 Å². The van der Waals surface area contributed by atoms with Crippen molar-refractivity contribution in [3.63, 3.8) is 0 Å². The number of halogens is 2. The normalized spacial score (nSPS) is 10.7. The van der Waals surface area contributed by atoms with E-state index in [0.29, 0.717) is 6.54 Å².